The van der Waals surface area contributed by atoms with Gasteiger partial charge in [0.05, 0.1) is 6.61 Å². The van der Waals surface area contributed by atoms with Crippen molar-refractivity contribution in [3.63, 3.8) is 0 Å². The highest BCUT2D eigenvalue weighted by molar-refractivity contribution is 5.50. The van der Waals surface area contributed by atoms with E-state index in [-0.39, 0.29) is 5.41 Å². The molecule has 0 bridgehead atoms. The quantitative estimate of drug-likeness (QED) is 0.837. The van der Waals surface area contributed by atoms with Gasteiger partial charge in [-0.15, -0.1) is 0 Å². The van der Waals surface area contributed by atoms with Crippen molar-refractivity contribution < 1.29 is 4.74 Å². The van der Waals surface area contributed by atoms with Crippen LogP contribution in [0.2, 0.25) is 0 Å². The van der Waals surface area contributed by atoms with Crippen LogP contribution in [0.25, 0.3) is 0 Å². The zero-order valence-electron chi connectivity index (χ0n) is 14.5. The molecule has 0 aromatic carbocycles. The van der Waals surface area contributed by atoms with E-state index in [4.69, 9.17) is 9.72 Å². The van der Waals surface area contributed by atoms with Gasteiger partial charge in [0.1, 0.15) is 17.5 Å². The summed E-state index contributed by atoms with van der Waals surface area (Å²) in [5.74, 6) is 2.68. The van der Waals surface area contributed by atoms with E-state index in [0.717, 1.165) is 30.4 Å². The van der Waals surface area contributed by atoms with Crippen LogP contribution in [-0.4, -0.2) is 43.3 Å². The Hall–Kier alpha value is -1.36. The molecule has 1 unspecified atom stereocenters. The van der Waals surface area contributed by atoms with E-state index >= 15 is 0 Å². The summed E-state index contributed by atoms with van der Waals surface area (Å²) in [5, 5.41) is 3.14. The molecule has 120 valence electrons. The normalized spacial score (nSPS) is 13.1. The minimum absolute atomic E-state index is 0.0794. The fourth-order valence-corrected chi connectivity index (χ4v) is 2.02. The van der Waals surface area contributed by atoms with Gasteiger partial charge in [-0.25, -0.2) is 9.97 Å². The Balaban J connectivity index is 3.22. The van der Waals surface area contributed by atoms with Gasteiger partial charge in [0.15, 0.2) is 0 Å². The van der Waals surface area contributed by atoms with E-state index in [1.165, 1.54) is 0 Å². The summed E-state index contributed by atoms with van der Waals surface area (Å²) in [6.07, 6.45) is 1.06. The zero-order chi connectivity index (χ0) is 16.0. The van der Waals surface area contributed by atoms with E-state index in [1.54, 1.807) is 7.11 Å². The van der Waals surface area contributed by atoms with Gasteiger partial charge in [-0.05, 0) is 13.3 Å². The van der Waals surface area contributed by atoms with E-state index in [0.29, 0.717) is 12.6 Å². The monoisotopic (exact) mass is 294 g/mol. The van der Waals surface area contributed by atoms with Gasteiger partial charge >= 0.3 is 0 Å². The van der Waals surface area contributed by atoms with Crippen molar-refractivity contribution in [2.45, 2.75) is 52.5 Å². The molecule has 0 amide bonds. The van der Waals surface area contributed by atoms with E-state index in [2.05, 4.69) is 49.8 Å². The third-order valence-electron chi connectivity index (χ3n) is 3.59. The molecule has 1 atom stereocenters. The van der Waals surface area contributed by atoms with Gasteiger partial charge in [-0.3, -0.25) is 0 Å². The zero-order valence-corrected chi connectivity index (χ0v) is 14.5. The second-order valence-electron chi connectivity index (χ2n) is 6.38. The minimum atomic E-state index is -0.0794. The van der Waals surface area contributed by atoms with Crippen molar-refractivity contribution in [1.82, 2.24) is 9.97 Å². The highest BCUT2D eigenvalue weighted by Crippen LogP contribution is 2.25. The van der Waals surface area contributed by atoms with Crippen LogP contribution in [0.3, 0.4) is 0 Å². The lowest BCUT2D eigenvalue weighted by atomic mass is 9.95. The first-order valence-electron chi connectivity index (χ1n) is 7.66. The first kappa shape index (κ1) is 17.7. The molecule has 0 radical (unpaired) electrons. The molecule has 1 N–H and O–H groups in total. The minimum Gasteiger partial charge on any atom is -0.383 e. The maximum Gasteiger partial charge on any atom is 0.138 e. The Morgan fingerprint density at radius 1 is 1.33 bits per heavy atom. The van der Waals surface area contributed by atoms with Gasteiger partial charge in [0.25, 0.3) is 0 Å². The number of methoxy groups -OCH3 is 1. The van der Waals surface area contributed by atoms with Crippen LogP contribution < -0.4 is 10.2 Å². The second-order valence-corrected chi connectivity index (χ2v) is 6.38. The average molecular weight is 294 g/mol. The highest BCUT2D eigenvalue weighted by atomic mass is 16.5. The number of rotatable bonds is 7. The van der Waals surface area contributed by atoms with Crippen LogP contribution in [0.5, 0.6) is 0 Å². The molecule has 1 aromatic heterocycles. The van der Waals surface area contributed by atoms with Crippen LogP contribution in [-0.2, 0) is 10.2 Å². The molecule has 1 heterocycles. The van der Waals surface area contributed by atoms with Crippen molar-refractivity contribution in [3.8, 4) is 0 Å². The Labute approximate surface area is 129 Å². The molecule has 5 heteroatoms. The number of anilines is 2. The van der Waals surface area contributed by atoms with Crippen molar-refractivity contribution in [2.24, 2.45) is 0 Å². The van der Waals surface area contributed by atoms with Crippen molar-refractivity contribution in [3.05, 3.63) is 11.9 Å². The summed E-state index contributed by atoms with van der Waals surface area (Å²) in [6, 6.07) is 2.42. The molecule has 0 fully saturated rings. The Morgan fingerprint density at radius 3 is 2.48 bits per heavy atom. The predicted molar refractivity (Wildman–Crippen MR) is 89.3 cm³/mol. The molecule has 0 saturated carbocycles. The van der Waals surface area contributed by atoms with Gasteiger partial charge in [0, 0.05) is 38.2 Å². The highest BCUT2D eigenvalue weighted by Gasteiger charge is 2.22. The van der Waals surface area contributed by atoms with Crippen LogP contribution >= 0.6 is 0 Å². The van der Waals surface area contributed by atoms with Gasteiger partial charge in [0.2, 0.25) is 0 Å². The van der Waals surface area contributed by atoms with Gasteiger partial charge < -0.3 is 15.0 Å². The van der Waals surface area contributed by atoms with E-state index in [1.807, 2.05) is 13.1 Å². The third-order valence-corrected chi connectivity index (χ3v) is 3.59. The third kappa shape index (κ3) is 4.84. The van der Waals surface area contributed by atoms with Crippen LogP contribution in [0.4, 0.5) is 11.6 Å². The number of aromatic nitrogens is 2. The Bertz CT molecular complexity index is 442. The number of ether oxygens (including phenoxy) is 1. The largest absolute Gasteiger partial charge is 0.383 e. The molecular weight excluding hydrogens is 264 g/mol. The van der Waals surface area contributed by atoms with Crippen molar-refractivity contribution >= 4 is 11.6 Å². The Morgan fingerprint density at radius 2 is 2.00 bits per heavy atom. The molecule has 0 spiro atoms. The predicted octanol–water partition coefficient (Wildman–Crippen LogP) is 3.07. The van der Waals surface area contributed by atoms with Crippen molar-refractivity contribution in [2.75, 3.05) is 37.5 Å². The smallest absolute Gasteiger partial charge is 0.138 e. The fourth-order valence-electron chi connectivity index (χ4n) is 2.02. The molecule has 0 aliphatic heterocycles. The maximum atomic E-state index is 5.24. The van der Waals surface area contributed by atoms with Gasteiger partial charge in [-0.1, -0.05) is 27.7 Å². The SMILES string of the molecule is CCC(C)N(CCOC)c1cc(NC)nc(C(C)(C)C)n1. The average Bonchev–Trinajstić information content (AvgIpc) is 2.46. The molecule has 0 saturated heterocycles. The summed E-state index contributed by atoms with van der Waals surface area (Å²) in [5.41, 5.74) is -0.0794. The number of hydrogen-bond acceptors (Lipinski definition) is 5. The number of nitrogens with zero attached hydrogens (tertiary/aromatic N) is 3. The molecule has 0 aliphatic rings. The molecule has 1 aromatic rings. The summed E-state index contributed by atoms with van der Waals surface area (Å²) in [6.45, 7) is 12.3. The fraction of sp³-hybridized carbons (Fsp3) is 0.750. The molecule has 5 nitrogen and oxygen atoms in total. The summed E-state index contributed by atoms with van der Waals surface area (Å²) < 4.78 is 5.24. The summed E-state index contributed by atoms with van der Waals surface area (Å²) >= 11 is 0. The first-order valence-corrected chi connectivity index (χ1v) is 7.66. The van der Waals surface area contributed by atoms with Crippen LogP contribution in [0.15, 0.2) is 6.07 Å². The summed E-state index contributed by atoms with van der Waals surface area (Å²) in [4.78, 5) is 11.7. The molecule has 1 rings (SSSR count). The van der Waals surface area contributed by atoms with Crippen LogP contribution in [0, 0.1) is 0 Å². The number of nitrogens with one attached hydrogen (secondary N) is 1. The van der Waals surface area contributed by atoms with Crippen molar-refractivity contribution in [1.29, 1.82) is 0 Å². The second kappa shape index (κ2) is 7.59. The lowest BCUT2D eigenvalue weighted by molar-refractivity contribution is 0.203. The number of hydrogen-bond donors (Lipinski definition) is 1. The first-order chi connectivity index (χ1) is 9.83. The molecule has 0 aliphatic carbocycles. The lowest BCUT2D eigenvalue weighted by Crippen LogP contribution is -2.36. The molecule has 21 heavy (non-hydrogen) atoms. The standard InChI is InChI=1S/C16H30N4O/c1-8-12(2)20(9-10-21-7)14-11-13(17-6)18-15(19-14)16(3,4)5/h11-12H,8-10H2,1-7H3,(H,17,18,19). The summed E-state index contributed by atoms with van der Waals surface area (Å²) in [7, 11) is 3.62. The molecular formula is C16H30N4O. The lowest BCUT2D eigenvalue weighted by Gasteiger charge is -2.31. The topological polar surface area (TPSA) is 50.3 Å². The van der Waals surface area contributed by atoms with Crippen LogP contribution in [0.1, 0.15) is 46.9 Å². The van der Waals surface area contributed by atoms with E-state index in [9.17, 15) is 0 Å². The maximum absolute atomic E-state index is 5.24. The van der Waals surface area contributed by atoms with Gasteiger partial charge in [-0.2, -0.15) is 0 Å². The van der Waals surface area contributed by atoms with E-state index < -0.39 is 0 Å². The Kier molecular flexibility index (Phi) is 6.40.